The van der Waals surface area contributed by atoms with Gasteiger partial charge in [0.05, 0.1) is 13.5 Å². The second kappa shape index (κ2) is 10.8. The van der Waals surface area contributed by atoms with Crippen molar-refractivity contribution in [3.05, 3.63) is 24.3 Å². The molecule has 0 unspecified atom stereocenters. The molecule has 1 aliphatic carbocycles. The van der Waals surface area contributed by atoms with Gasteiger partial charge in [-0.15, -0.1) is 0 Å². The predicted octanol–water partition coefficient (Wildman–Crippen LogP) is 3.88. The van der Waals surface area contributed by atoms with Crippen LogP contribution < -0.4 is 9.64 Å². The van der Waals surface area contributed by atoms with Gasteiger partial charge in [-0.25, -0.2) is 9.78 Å². The summed E-state index contributed by atoms with van der Waals surface area (Å²) in [6.07, 6.45) is 2.40. The monoisotopic (exact) mass is 558 g/mol. The Hall–Kier alpha value is -2.40. The SMILES string of the molecule is COc1ccc(N2CCN(C(=O)CCC(=O)O[C@@H]3O[C@@H]4O[C@@]5(C)CC[C@@H]6[C@H](C)CC[C@@H]([C@H]3C)[C@@]46OO5)CC2)cc1. The molecule has 1 aromatic carbocycles. The highest BCUT2D eigenvalue weighted by atomic mass is 17.3. The van der Waals surface area contributed by atoms with Crippen LogP contribution in [0.25, 0.3) is 0 Å². The molecule has 6 fully saturated rings. The first-order chi connectivity index (χ1) is 19.2. The molecule has 0 aromatic heterocycles. The molecule has 1 saturated carbocycles. The molecular formula is C30H42N2O8. The third kappa shape index (κ3) is 4.86. The van der Waals surface area contributed by atoms with Gasteiger partial charge in [0.1, 0.15) is 5.75 Å². The molecular weight excluding hydrogens is 516 g/mol. The number of ether oxygens (including phenoxy) is 4. The summed E-state index contributed by atoms with van der Waals surface area (Å²) in [5.74, 6) is 0.183. The van der Waals surface area contributed by atoms with Gasteiger partial charge in [0.25, 0.3) is 0 Å². The lowest BCUT2D eigenvalue weighted by atomic mass is 9.58. The van der Waals surface area contributed by atoms with E-state index in [4.69, 9.17) is 28.7 Å². The van der Waals surface area contributed by atoms with Gasteiger partial charge in [0.15, 0.2) is 11.9 Å². The minimum absolute atomic E-state index is 0.0163. The van der Waals surface area contributed by atoms with Crippen LogP contribution in [0.5, 0.6) is 5.75 Å². The Morgan fingerprint density at radius 3 is 2.45 bits per heavy atom. The van der Waals surface area contributed by atoms with Crippen molar-refractivity contribution < 1.29 is 38.3 Å². The highest BCUT2D eigenvalue weighted by molar-refractivity contribution is 5.81. The zero-order valence-electron chi connectivity index (χ0n) is 24.0. The third-order valence-electron chi connectivity index (χ3n) is 9.96. The normalized spacial score (nSPS) is 38.8. The highest BCUT2D eigenvalue weighted by Crippen LogP contribution is 2.60. The van der Waals surface area contributed by atoms with Gasteiger partial charge >= 0.3 is 5.97 Å². The number of carbonyl (C=O) groups is 2. The average Bonchev–Trinajstić information content (AvgIpc) is 3.20. The van der Waals surface area contributed by atoms with E-state index in [1.165, 1.54) is 0 Å². The number of hydrogen-bond donors (Lipinski definition) is 0. The third-order valence-corrected chi connectivity index (χ3v) is 9.96. The van der Waals surface area contributed by atoms with E-state index in [2.05, 4.69) is 18.7 Å². The Kier molecular flexibility index (Phi) is 7.48. The molecule has 2 bridgehead atoms. The van der Waals surface area contributed by atoms with E-state index in [0.29, 0.717) is 19.0 Å². The van der Waals surface area contributed by atoms with Gasteiger partial charge in [0.2, 0.25) is 18.0 Å². The first kappa shape index (κ1) is 27.8. The second-order valence-electron chi connectivity index (χ2n) is 12.3. The number of carbonyl (C=O) groups excluding carboxylic acids is 2. The maximum absolute atomic E-state index is 12.9. The van der Waals surface area contributed by atoms with Crippen LogP contribution in [0.3, 0.4) is 0 Å². The predicted molar refractivity (Wildman–Crippen MR) is 144 cm³/mol. The fourth-order valence-corrected chi connectivity index (χ4v) is 7.57. The Morgan fingerprint density at radius 1 is 0.975 bits per heavy atom. The van der Waals surface area contributed by atoms with Crippen molar-refractivity contribution in [3.63, 3.8) is 0 Å². The molecule has 5 aliphatic heterocycles. The van der Waals surface area contributed by atoms with E-state index in [1.54, 1.807) is 7.11 Å². The number of fused-ring (bicyclic) bond motifs is 2. The Bertz CT molecular complexity index is 1090. The summed E-state index contributed by atoms with van der Waals surface area (Å²) in [4.78, 5) is 41.9. The molecule has 220 valence electrons. The molecule has 10 heteroatoms. The summed E-state index contributed by atoms with van der Waals surface area (Å²) < 4.78 is 23.8. The van der Waals surface area contributed by atoms with Gasteiger partial charge in [-0.3, -0.25) is 9.59 Å². The second-order valence-corrected chi connectivity index (χ2v) is 12.3. The Morgan fingerprint density at radius 2 is 1.73 bits per heavy atom. The molecule has 10 nitrogen and oxygen atoms in total. The molecule has 1 amide bonds. The Balaban J connectivity index is 1.02. The van der Waals surface area contributed by atoms with Crippen molar-refractivity contribution in [3.8, 4) is 5.75 Å². The van der Waals surface area contributed by atoms with E-state index < -0.39 is 29.9 Å². The van der Waals surface area contributed by atoms with Crippen molar-refractivity contribution in [1.82, 2.24) is 4.90 Å². The minimum atomic E-state index is -0.878. The van der Waals surface area contributed by atoms with Crippen LogP contribution in [-0.2, 0) is 33.6 Å². The van der Waals surface area contributed by atoms with Crippen LogP contribution in [0.15, 0.2) is 24.3 Å². The zero-order chi connectivity index (χ0) is 28.1. The number of amides is 1. The molecule has 40 heavy (non-hydrogen) atoms. The largest absolute Gasteiger partial charge is 0.497 e. The van der Waals surface area contributed by atoms with E-state index in [1.807, 2.05) is 36.1 Å². The van der Waals surface area contributed by atoms with E-state index >= 15 is 0 Å². The maximum atomic E-state index is 12.9. The minimum Gasteiger partial charge on any atom is -0.497 e. The summed E-state index contributed by atoms with van der Waals surface area (Å²) in [5.41, 5.74) is 0.412. The van der Waals surface area contributed by atoms with Crippen LogP contribution in [0.2, 0.25) is 0 Å². The summed E-state index contributed by atoms with van der Waals surface area (Å²) in [5, 5.41) is 0. The van der Waals surface area contributed by atoms with Crippen LogP contribution in [-0.4, -0.2) is 74.0 Å². The van der Waals surface area contributed by atoms with Gasteiger partial charge in [-0.2, -0.15) is 0 Å². The number of piperazine rings is 1. The van der Waals surface area contributed by atoms with E-state index in [-0.39, 0.29) is 36.5 Å². The number of esters is 1. The van der Waals surface area contributed by atoms with Crippen molar-refractivity contribution in [1.29, 1.82) is 0 Å². The topological polar surface area (TPSA) is 96.0 Å². The molecule has 1 spiro atoms. The zero-order valence-corrected chi connectivity index (χ0v) is 24.0. The number of benzene rings is 1. The van der Waals surface area contributed by atoms with Crippen molar-refractivity contribution in [2.75, 3.05) is 38.2 Å². The van der Waals surface area contributed by atoms with Crippen molar-refractivity contribution in [2.45, 2.75) is 83.3 Å². The van der Waals surface area contributed by atoms with E-state index in [0.717, 1.165) is 50.2 Å². The lowest BCUT2D eigenvalue weighted by Crippen LogP contribution is -2.70. The van der Waals surface area contributed by atoms with Crippen LogP contribution >= 0.6 is 0 Å². The molecule has 0 radical (unpaired) electrons. The van der Waals surface area contributed by atoms with Crippen LogP contribution in [0.4, 0.5) is 5.69 Å². The number of anilines is 1. The molecule has 1 aromatic rings. The van der Waals surface area contributed by atoms with Gasteiger partial charge < -0.3 is 28.7 Å². The maximum Gasteiger partial charge on any atom is 0.308 e. The van der Waals surface area contributed by atoms with E-state index in [9.17, 15) is 9.59 Å². The molecule has 7 rings (SSSR count). The van der Waals surface area contributed by atoms with Crippen LogP contribution in [0, 0.1) is 23.7 Å². The van der Waals surface area contributed by atoms with Crippen LogP contribution in [0.1, 0.15) is 59.3 Å². The summed E-state index contributed by atoms with van der Waals surface area (Å²) in [6, 6.07) is 7.94. The first-order valence-corrected chi connectivity index (χ1v) is 14.8. The quantitative estimate of drug-likeness (QED) is 0.381. The smallest absolute Gasteiger partial charge is 0.308 e. The summed E-state index contributed by atoms with van der Waals surface area (Å²) in [6.45, 7) is 8.91. The molecule has 6 aliphatic rings. The van der Waals surface area contributed by atoms with Crippen molar-refractivity contribution in [2.24, 2.45) is 23.7 Å². The molecule has 0 N–H and O–H groups in total. The van der Waals surface area contributed by atoms with Gasteiger partial charge in [-0.1, -0.05) is 13.8 Å². The first-order valence-electron chi connectivity index (χ1n) is 14.8. The fraction of sp³-hybridized carbons (Fsp3) is 0.733. The number of rotatable bonds is 6. The number of hydrogen-bond acceptors (Lipinski definition) is 9. The molecule has 5 saturated heterocycles. The molecule has 5 heterocycles. The Labute approximate surface area is 236 Å². The summed E-state index contributed by atoms with van der Waals surface area (Å²) in [7, 11) is 1.65. The van der Waals surface area contributed by atoms with Gasteiger partial charge in [0, 0.05) is 56.5 Å². The van der Waals surface area contributed by atoms with Crippen molar-refractivity contribution >= 4 is 17.6 Å². The molecule has 8 atom stereocenters. The lowest BCUT2D eigenvalue weighted by Gasteiger charge is -2.59. The highest BCUT2D eigenvalue weighted by Gasteiger charge is 2.69. The average molecular weight is 559 g/mol. The number of nitrogens with zero attached hydrogens (tertiary/aromatic N) is 2. The fourth-order valence-electron chi connectivity index (χ4n) is 7.57. The van der Waals surface area contributed by atoms with Gasteiger partial charge in [-0.05, 0) is 62.3 Å². The summed E-state index contributed by atoms with van der Waals surface area (Å²) >= 11 is 0. The number of methoxy groups -OCH3 is 1. The lowest BCUT2D eigenvalue weighted by molar-refractivity contribution is -0.576. The standard InChI is InChI=1S/C30H42N2O8/c1-19-5-10-24-20(2)27(37-28-30(24)23(19)13-14-29(3,38-28)39-40-30)36-26(34)12-11-25(33)32-17-15-31(16-18-32)21-6-8-22(35-4)9-7-21/h6-9,19-20,23-24,27-28H,5,10-18H2,1-4H3/t19-,20-,23-,24+,27-,28-,29-,30-/m1/s1.